The Morgan fingerprint density at radius 1 is 1.30 bits per heavy atom. The molecule has 1 aliphatic carbocycles. The zero-order valence-electron chi connectivity index (χ0n) is 11.1. The highest BCUT2D eigenvalue weighted by atomic mass is 16.5. The minimum Gasteiger partial charge on any atom is -0.451 e. The molecular weight excluding hydrogens is 264 g/mol. The van der Waals surface area contributed by atoms with Crippen molar-refractivity contribution < 1.29 is 23.9 Å². The monoisotopic (exact) mass is 280 g/mol. The molecule has 0 aromatic heterocycles. The number of nitrogens with two attached hydrogens (primary N) is 1. The molecule has 1 heterocycles. The molecule has 2 N–H and O–H groups in total. The maximum absolute atomic E-state index is 12.1. The van der Waals surface area contributed by atoms with Crippen LogP contribution in [0.5, 0.6) is 0 Å². The minimum absolute atomic E-state index is 0.354. The molecule has 7 nitrogen and oxygen atoms in total. The average Bonchev–Trinajstić information content (AvgIpc) is 2.64. The molecule has 20 heavy (non-hydrogen) atoms. The lowest BCUT2D eigenvalue weighted by Crippen LogP contribution is -2.39. The molecule has 0 aromatic carbocycles. The SMILES string of the molecule is C[C@@H](OC(=O)CN1C(=O)[C@H]2CC=CC[C@H]2C1=O)C(N)=O. The number of hydrogen-bond acceptors (Lipinski definition) is 5. The molecule has 108 valence electrons. The standard InChI is InChI=1S/C13H16N2O5/c1-7(11(14)17)20-10(16)6-15-12(18)8-4-2-3-5-9(8)13(15)19/h2-3,7-9H,4-6H2,1H3,(H2,14,17)/t7-,8-,9+/m1/s1. The van der Waals surface area contributed by atoms with E-state index in [1.54, 1.807) is 0 Å². The number of allylic oxidation sites excluding steroid dienone is 2. The van der Waals surface area contributed by atoms with E-state index in [0.717, 1.165) is 4.90 Å². The number of esters is 1. The Hall–Kier alpha value is -2.18. The van der Waals surface area contributed by atoms with Gasteiger partial charge in [0.05, 0.1) is 11.8 Å². The highest BCUT2D eigenvalue weighted by Gasteiger charge is 2.47. The Kier molecular flexibility index (Phi) is 3.87. The zero-order valence-corrected chi connectivity index (χ0v) is 11.1. The number of imide groups is 1. The Labute approximate surface area is 115 Å². The van der Waals surface area contributed by atoms with Gasteiger partial charge in [-0.1, -0.05) is 12.2 Å². The number of carbonyl (C=O) groups is 4. The van der Waals surface area contributed by atoms with E-state index in [1.807, 2.05) is 12.2 Å². The third-order valence-corrected chi connectivity index (χ3v) is 3.59. The van der Waals surface area contributed by atoms with Gasteiger partial charge in [-0.2, -0.15) is 0 Å². The molecule has 0 saturated carbocycles. The van der Waals surface area contributed by atoms with Crippen LogP contribution in [-0.2, 0) is 23.9 Å². The molecule has 2 rings (SSSR count). The van der Waals surface area contributed by atoms with Crippen LogP contribution in [0.3, 0.4) is 0 Å². The number of amides is 3. The van der Waals surface area contributed by atoms with E-state index in [2.05, 4.69) is 0 Å². The Balaban J connectivity index is 2.00. The van der Waals surface area contributed by atoms with Gasteiger partial charge in [0.1, 0.15) is 6.54 Å². The first-order valence-corrected chi connectivity index (χ1v) is 6.41. The van der Waals surface area contributed by atoms with Crippen molar-refractivity contribution in [2.24, 2.45) is 17.6 Å². The average molecular weight is 280 g/mol. The predicted molar refractivity (Wildman–Crippen MR) is 66.8 cm³/mol. The first-order chi connectivity index (χ1) is 9.41. The number of fused-ring (bicyclic) bond motifs is 1. The van der Waals surface area contributed by atoms with Gasteiger partial charge in [0.25, 0.3) is 5.91 Å². The summed E-state index contributed by atoms with van der Waals surface area (Å²) in [5.74, 6) is -3.07. The molecule has 0 aromatic rings. The first-order valence-electron chi connectivity index (χ1n) is 6.41. The van der Waals surface area contributed by atoms with Gasteiger partial charge in [-0.05, 0) is 19.8 Å². The van der Waals surface area contributed by atoms with Crippen LogP contribution in [0.15, 0.2) is 12.2 Å². The van der Waals surface area contributed by atoms with Crippen LogP contribution in [0.2, 0.25) is 0 Å². The van der Waals surface area contributed by atoms with E-state index < -0.39 is 24.5 Å². The van der Waals surface area contributed by atoms with E-state index in [9.17, 15) is 19.2 Å². The lowest BCUT2D eigenvalue weighted by Gasteiger charge is -2.15. The molecule has 3 amide bonds. The summed E-state index contributed by atoms with van der Waals surface area (Å²) in [6.07, 6.45) is 3.67. The number of primary amides is 1. The van der Waals surface area contributed by atoms with Gasteiger partial charge in [0.2, 0.25) is 11.8 Å². The topological polar surface area (TPSA) is 107 Å². The summed E-state index contributed by atoms with van der Waals surface area (Å²) < 4.78 is 4.75. The summed E-state index contributed by atoms with van der Waals surface area (Å²) in [6, 6.07) is 0. The molecule has 0 radical (unpaired) electrons. The quantitative estimate of drug-likeness (QED) is 0.418. The lowest BCUT2D eigenvalue weighted by atomic mass is 9.85. The van der Waals surface area contributed by atoms with Crippen molar-refractivity contribution in [3.8, 4) is 0 Å². The number of nitrogens with zero attached hydrogens (tertiary/aromatic N) is 1. The van der Waals surface area contributed by atoms with Crippen molar-refractivity contribution in [1.82, 2.24) is 4.90 Å². The normalized spacial score (nSPS) is 26.4. The highest BCUT2D eigenvalue weighted by Crippen LogP contribution is 2.34. The van der Waals surface area contributed by atoms with Crippen molar-refractivity contribution in [2.45, 2.75) is 25.9 Å². The van der Waals surface area contributed by atoms with E-state index in [-0.39, 0.29) is 23.7 Å². The van der Waals surface area contributed by atoms with Crippen molar-refractivity contribution in [1.29, 1.82) is 0 Å². The van der Waals surface area contributed by atoms with Crippen LogP contribution >= 0.6 is 0 Å². The summed E-state index contributed by atoms with van der Waals surface area (Å²) in [5, 5.41) is 0. The summed E-state index contributed by atoms with van der Waals surface area (Å²) in [7, 11) is 0. The van der Waals surface area contributed by atoms with Gasteiger partial charge in [0, 0.05) is 0 Å². The van der Waals surface area contributed by atoms with Crippen LogP contribution < -0.4 is 5.73 Å². The van der Waals surface area contributed by atoms with Crippen molar-refractivity contribution >= 4 is 23.7 Å². The number of rotatable bonds is 4. The van der Waals surface area contributed by atoms with Crippen LogP contribution in [0.25, 0.3) is 0 Å². The Morgan fingerprint density at radius 2 is 1.80 bits per heavy atom. The second kappa shape index (κ2) is 5.44. The van der Waals surface area contributed by atoms with Gasteiger partial charge in [0.15, 0.2) is 6.10 Å². The number of ether oxygens (including phenoxy) is 1. The zero-order chi connectivity index (χ0) is 14.9. The lowest BCUT2D eigenvalue weighted by molar-refractivity contribution is -0.158. The van der Waals surface area contributed by atoms with Crippen molar-refractivity contribution in [3.63, 3.8) is 0 Å². The summed E-state index contributed by atoms with van der Waals surface area (Å²) in [6.45, 7) is 0.861. The number of hydrogen-bond donors (Lipinski definition) is 1. The van der Waals surface area contributed by atoms with E-state index in [1.165, 1.54) is 6.92 Å². The molecule has 1 fully saturated rings. The molecular formula is C13H16N2O5. The molecule has 0 spiro atoms. The third kappa shape index (κ3) is 2.56. The van der Waals surface area contributed by atoms with E-state index in [0.29, 0.717) is 12.8 Å². The minimum atomic E-state index is -1.08. The first kappa shape index (κ1) is 14.2. The molecule has 7 heteroatoms. The predicted octanol–water partition coefficient (Wildman–Crippen LogP) is -0.645. The molecule has 0 bridgehead atoms. The van der Waals surface area contributed by atoms with Gasteiger partial charge < -0.3 is 10.5 Å². The maximum Gasteiger partial charge on any atom is 0.326 e. The summed E-state index contributed by atoms with van der Waals surface area (Å²) in [4.78, 5) is 47.5. The van der Waals surface area contributed by atoms with Gasteiger partial charge in [-0.25, -0.2) is 0 Å². The number of carbonyl (C=O) groups excluding carboxylic acids is 4. The fraction of sp³-hybridized carbons (Fsp3) is 0.538. The molecule has 1 saturated heterocycles. The maximum atomic E-state index is 12.1. The van der Waals surface area contributed by atoms with Crippen LogP contribution in [0.4, 0.5) is 0 Å². The second-order valence-corrected chi connectivity index (χ2v) is 4.95. The molecule has 0 unspecified atom stereocenters. The van der Waals surface area contributed by atoms with E-state index in [4.69, 9.17) is 10.5 Å². The summed E-state index contributed by atoms with van der Waals surface area (Å²) >= 11 is 0. The van der Waals surface area contributed by atoms with E-state index >= 15 is 0 Å². The van der Waals surface area contributed by atoms with Crippen molar-refractivity contribution in [3.05, 3.63) is 12.2 Å². The molecule has 3 atom stereocenters. The highest BCUT2D eigenvalue weighted by molar-refractivity contribution is 6.07. The fourth-order valence-corrected chi connectivity index (χ4v) is 2.45. The van der Waals surface area contributed by atoms with Gasteiger partial charge in [-0.3, -0.25) is 24.1 Å². The third-order valence-electron chi connectivity index (χ3n) is 3.59. The van der Waals surface area contributed by atoms with Crippen LogP contribution in [0.1, 0.15) is 19.8 Å². The van der Waals surface area contributed by atoms with Gasteiger partial charge >= 0.3 is 5.97 Å². The van der Waals surface area contributed by atoms with Crippen LogP contribution in [0, 0.1) is 11.8 Å². The smallest absolute Gasteiger partial charge is 0.326 e. The Morgan fingerprint density at radius 3 is 2.25 bits per heavy atom. The molecule has 1 aliphatic heterocycles. The molecule has 2 aliphatic rings. The number of likely N-dealkylation sites (tertiary alicyclic amines) is 1. The van der Waals surface area contributed by atoms with Crippen LogP contribution in [-0.4, -0.2) is 41.2 Å². The summed E-state index contributed by atoms with van der Waals surface area (Å²) in [5.41, 5.74) is 4.97. The fourth-order valence-electron chi connectivity index (χ4n) is 2.45. The van der Waals surface area contributed by atoms with Gasteiger partial charge in [-0.15, -0.1) is 0 Å². The Bertz CT molecular complexity index is 473. The largest absolute Gasteiger partial charge is 0.451 e. The van der Waals surface area contributed by atoms with Crippen molar-refractivity contribution in [2.75, 3.05) is 6.54 Å². The second-order valence-electron chi connectivity index (χ2n) is 4.95.